The van der Waals surface area contributed by atoms with Crippen LogP contribution in [0.5, 0.6) is 0 Å². The number of halogens is 16. The lowest BCUT2D eigenvalue weighted by Gasteiger charge is -2.42. The fourth-order valence-electron chi connectivity index (χ4n) is 1.82. The summed E-state index contributed by atoms with van der Waals surface area (Å²) < 4.78 is 212. The number of rotatable bonds is 12. The highest BCUT2D eigenvalue weighted by Gasteiger charge is 2.93. The molecule has 0 fully saturated rings. The Balaban J connectivity index is 6.24. The Morgan fingerprint density at radius 2 is 1.06 bits per heavy atom. The van der Waals surface area contributed by atoms with Crippen LogP contribution in [0.2, 0.25) is 0 Å². The fraction of sp³-hybridized carbons (Fsp3) is 0.929. The molecule has 0 aromatic carbocycles. The van der Waals surface area contributed by atoms with E-state index in [-0.39, 0.29) is 12.8 Å². The summed E-state index contributed by atoms with van der Waals surface area (Å²) in [7, 11) is 0. The average Bonchev–Trinajstić information content (AvgIpc) is 2.63. The zero-order valence-corrected chi connectivity index (χ0v) is 15.3. The third-order valence-corrected chi connectivity index (χ3v) is 3.88. The predicted octanol–water partition coefficient (Wildman–Crippen LogP) is 6.43. The Labute approximate surface area is 167 Å². The summed E-state index contributed by atoms with van der Waals surface area (Å²) in [5, 5.41) is 0. The van der Waals surface area contributed by atoms with Crippen molar-refractivity contribution >= 4 is 5.97 Å². The second-order valence-corrected chi connectivity index (χ2v) is 6.26. The van der Waals surface area contributed by atoms with Gasteiger partial charge < -0.3 is 4.74 Å². The Morgan fingerprint density at radius 3 is 1.44 bits per heavy atom. The summed E-state index contributed by atoms with van der Waals surface area (Å²) in [6.45, 7) is -1.71. The molecule has 0 aromatic heterocycles. The zero-order chi connectivity index (χ0) is 26.2. The molecule has 0 radical (unpaired) electrons. The molecule has 0 aliphatic carbocycles. The van der Waals surface area contributed by atoms with Gasteiger partial charge >= 0.3 is 53.9 Å². The number of hydrogen-bond acceptors (Lipinski definition) is 2. The van der Waals surface area contributed by atoms with E-state index >= 15 is 0 Å². The smallest absolute Gasteiger partial charge is 0.385 e. The molecule has 0 aromatic rings. The van der Waals surface area contributed by atoms with E-state index in [1.54, 1.807) is 0 Å². The standard InChI is InChI=1S/C14H12F16O2/c1-2-3-4-6(31)32-5-8(17,18)10(21,22)12(25,26)14(29,30)13(27,28)11(23,24)9(19,20)7(15)16/h7H,2-5H2,1H3. The van der Waals surface area contributed by atoms with Crippen LogP contribution in [0.25, 0.3) is 0 Å². The first kappa shape index (κ1) is 30.3. The number of carbonyl (C=O) groups is 1. The molecule has 0 atom stereocenters. The number of esters is 1. The zero-order valence-electron chi connectivity index (χ0n) is 15.3. The van der Waals surface area contributed by atoms with Crippen molar-refractivity contribution in [2.24, 2.45) is 0 Å². The molecule has 2 nitrogen and oxygen atoms in total. The van der Waals surface area contributed by atoms with Gasteiger partial charge in [0.2, 0.25) is 0 Å². The first-order valence-electron chi connectivity index (χ1n) is 7.98. The molecule has 0 aliphatic rings. The van der Waals surface area contributed by atoms with Gasteiger partial charge in [0, 0.05) is 6.42 Å². The third kappa shape index (κ3) is 4.54. The van der Waals surface area contributed by atoms with Crippen LogP contribution in [-0.4, -0.2) is 60.5 Å². The van der Waals surface area contributed by atoms with Crippen LogP contribution < -0.4 is 0 Å². The van der Waals surface area contributed by atoms with Crippen molar-refractivity contribution in [2.45, 2.75) is 74.1 Å². The molecule has 0 unspecified atom stereocenters. The summed E-state index contributed by atoms with van der Waals surface area (Å²) in [6.07, 6.45) is -6.58. The Bertz CT molecular complexity index is 657. The molecule has 0 saturated carbocycles. The lowest BCUT2D eigenvalue weighted by molar-refractivity contribution is -0.447. The molecular weight excluding hydrogens is 504 g/mol. The molecule has 32 heavy (non-hydrogen) atoms. The van der Waals surface area contributed by atoms with Gasteiger partial charge in [-0.3, -0.25) is 4.79 Å². The summed E-state index contributed by atoms with van der Waals surface area (Å²) in [6, 6.07) is 0. The van der Waals surface area contributed by atoms with Gasteiger partial charge in [0.05, 0.1) is 0 Å². The molecule has 0 spiro atoms. The molecule has 0 aliphatic heterocycles. The molecule has 0 rings (SSSR count). The number of ether oxygens (including phenoxy) is 1. The van der Waals surface area contributed by atoms with E-state index in [4.69, 9.17) is 0 Å². The summed E-state index contributed by atoms with van der Waals surface area (Å²) in [4.78, 5) is 11.0. The van der Waals surface area contributed by atoms with Gasteiger partial charge in [-0.05, 0) is 6.42 Å². The molecule has 0 heterocycles. The van der Waals surface area contributed by atoms with Gasteiger partial charge in [-0.25, -0.2) is 8.78 Å². The molecule has 0 amide bonds. The largest absolute Gasteiger partial charge is 0.459 e. The second-order valence-electron chi connectivity index (χ2n) is 6.26. The van der Waals surface area contributed by atoms with E-state index in [0.29, 0.717) is 0 Å². The predicted molar refractivity (Wildman–Crippen MR) is 71.1 cm³/mol. The van der Waals surface area contributed by atoms with E-state index in [9.17, 15) is 75.0 Å². The quantitative estimate of drug-likeness (QED) is 0.221. The maximum absolute atomic E-state index is 13.5. The molecule has 0 bridgehead atoms. The van der Waals surface area contributed by atoms with Crippen molar-refractivity contribution in [3.05, 3.63) is 0 Å². The van der Waals surface area contributed by atoms with E-state index in [1.165, 1.54) is 6.92 Å². The van der Waals surface area contributed by atoms with Gasteiger partial charge in [-0.2, -0.15) is 61.5 Å². The topological polar surface area (TPSA) is 26.3 Å². The van der Waals surface area contributed by atoms with E-state index in [1.807, 2.05) is 0 Å². The maximum atomic E-state index is 13.5. The minimum absolute atomic E-state index is 0.116. The van der Waals surface area contributed by atoms with Gasteiger partial charge in [-0.1, -0.05) is 13.3 Å². The summed E-state index contributed by atoms with van der Waals surface area (Å²) >= 11 is 0. The van der Waals surface area contributed by atoms with Crippen molar-refractivity contribution < 1.29 is 79.8 Å². The minimum Gasteiger partial charge on any atom is -0.459 e. The van der Waals surface area contributed by atoms with Crippen LogP contribution in [0.4, 0.5) is 70.2 Å². The summed E-state index contributed by atoms with van der Waals surface area (Å²) in [5.41, 5.74) is 0. The maximum Gasteiger partial charge on any atom is 0.385 e. The highest BCUT2D eigenvalue weighted by Crippen LogP contribution is 2.62. The highest BCUT2D eigenvalue weighted by molar-refractivity contribution is 5.69. The molecule has 0 N–H and O–H groups in total. The van der Waals surface area contributed by atoms with E-state index < -0.39 is 66.9 Å². The van der Waals surface area contributed by atoms with Crippen LogP contribution in [-0.2, 0) is 9.53 Å². The van der Waals surface area contributed by atoms with Crippen molar-refractivity contribution in [2.75, 3.05) is 6.61 Å². The van der Waals surface area contributed by atoms with Crippen LogP contribution in [0.1, 0.15) is 26.2 Å². The van der Waals surface area contributed by atoms with Crippen molar-refractivity contribution in [1.29, 1.82) is 0 Å². The number of alkyl halides is 16. The first-order chi connectivity index (χ1) is 13.9. The van der Waals surface area contributed by atoms with Gasteiger partial charge in [0.25, 0.3) is 0 Å². The van der Waals surface area contributed by atoms with Gasteiger partial charge in [-0.15, -0.1) is 0 Å². The fourth-order valence-corrected chi connectivity index (χ4v) is 1.82. The minimum atomic E-state index is -8.46. The van der Waals surface area contributed by atoms with Crippen molar-refractivity contribution in [1.82, 2.24) is 0 Å². The Hall–Kier alpha value is -1.65. The normalized spacial score (nSPS) is 15.3. The lowest BCUT2D eigenvalue weighted by Crippen LogP contribution is -2.74. The monoisotopic (exact) mass is 516 g/mol. The van der Waals surface area contributed by atoms with Gasteiger partial charge in [0.1, 0.15) is 0 Å². The van der Waals surface area contributed by atoms with Crippen LogP contribution in [0.3, 0.4) is 0 Å². The SMILES string of the molecule is CCCCC(=O)OCC(F)(F)C(F)(F)C(F)(F)C(F)(F)C(F)(F)C(F)(F)C(F)(F)C(F)F. The molecule has 18 heteroatoms. The Kier molecular flexibility index (Phi) is 8.48. The lowest BCUT2D eigenvalue weighted by atomic mass is 9.89. The molecular formula is C14H12F16O2. The second kappa shape index (κ2) is 8.95. The van der Waals surface area contributed by atoms with Crippen LogP contribution in [0.15, 0.2) is 0 Å². The van der Waals surface area contributed by atoms with Crippen molar-refractivity contribution in [3.63, 3.8) is 0 Å². The molecule has 0 saturated heterocycles. The van der Waals surface area contributed by atoms with E-state index in [2.05, 4.69) is 4.74 Å². The van der Waals surface area contributed by atoms with Crippen molar-refractivity contribution in [3.8, 4) is 0 Å². The number of unbranched alkanes of at least 4 members (excludes halogenated alkanes) is 1. The summed E-state index contributed by atoms with van der Waals surface area (Å²) in [5.74, 6) is -56.9. The van der Waals surface area contributed by atoms with Crippen LogP contribution in [0, 0.1) is 0 Å². The van der Waals surface area contributed by atoms with E-state index in [0.717, 1.165) is 0 Å². The number of hydrogen-bond donors (Lipinski definition) is 0. The molecule has 192 valence electrons. The highest BCUT2D eigenvalue weighted by atomic mass is 19.4. The third-order valence-electron chi connectivity index (χ3n) is 3.88. The first-order valence-corrected chi connectivity index (χ1v) is 7.98. The van der Waals surface area contributed by atoms with Gasteiger partial charge in [0.15, 0.2) is 6.61 Å². The average molecular weight is 516 g/mol. The van der Waals surface area contributed by atoms with Crippen LogP contribution >= 0.6 is 0 Å². The Morgan fingerprint density at radius 1 is 0.688 bits per heavy atom. The number of carbonyl (C=O) groups excluding carboxylic acids is 1.